The molecule has 0 bridgehead atoms. The molecule has 0 rings (SSSR count). The van der Waals surface area contributed by atoms with Gasteiger partial charge in [-0.2, -0.15) is 0 Å². The molecule has 0 amide bonds. The molecule has 0 aromatic carbocycles. The van der Waals surface area contributed by atoms with Crippen LogP contribution in [0.25, 0.3) is 0 Å². The molecule has 0 spiro atoms. The summed E-state index contributed by atoms with van der Waals surface area (Å²) in [4.78, 5) is 18.6. The molecule has 0 aliphatic heterocycles. The average Bonchev–Trinajstić information content (AvgIpc) is 1.62. The van der Waals surface area contributed by atoms with Crippen LogP contribution in [-0.2, 0) is 13.4 Å². The van der Waals surface area contributed by atoms with Crippen LogP contribution in [0, 0.1) is 0 Å². The van der Waals surface area contributed by atoms with Crippen LogP contribution in [0.1, 0.15) is 0 Å². The van der Waals surface area contributed by atoms with Crippen molar-refractivity contribution in [2.75, 3.05) is 5.34 Å². The Labute approximate surface area is 91.1 Å². The molecule has 0 aromatic heterocycles. The number of hydrogen-bond acceptors (Lipinski definition) is 5. The van der Waals surface area contributed by atoms with Crippen LogP contribution in [0.3, 0.4) is 0 Å². The maximum Gasteiger partial charge on any atom is 2.00 e. The first-order valence-electron chi connectivity index (χ1n) is 1.76. The summed E-state index contributed by atoms with van der Waals surface area (Å²) in [5.41, 5.74) is 0. The third kappa shape index (κ3) is 33.9. The molecule has 10 heteroatoms. The van der Waals surface area contributed by atoms with Crippen LogP contribution >= 0.6 is 39.7 Å². The van der Waals surface area contributed by atoms with Crippen LogP contribution in [0.4, 0.5) is 0 Å². The van der Waals surface area contributed by atoms with Gasteiger partial charge in [0, 0.05) is 0 Å². The second-order valence-corrected chi connectivity index (χ2v) is 3.33. The molecule has 0 saturated heterocycles. The van der Waals surface area contributed by atoms with Gasteiger partial charge in [0.2, 0.25) is 0 Å². The summed E-state index contributed by atoms with van der Waals surface area (Å²) in [6, 6.07) is 0. The van der Waals surface area contributed by atoms with Gasteiger partial charge < -0.3 is 18.9 Å². The quantitative estimate of drug-likeness (QED) is 0.377. The Hall–Kier alpha value is 1.69. The second-order valence-electron chi connectivity index (χ2n) is 0.703. The monoisotopic (exact) mass is 252 g/mol. The number of rotatable bonds is 2. The molecule has 64 valence electrons. The average molecular weight is 253 g/mol. The smallest absolute Gasteiger partial charge is 0.781 e. The zero-order chi connectivity index (χ0) is 8.57. The summed E-state index contributed by atoms with van der Waals surface area (Å²) in [7, 11) is -7.03. The fourth-order valence-corrected chi connectivity index (χ4v) is 0.612. The van der Waals surface area contributed by atoms with Gasteiger partial charge in [-0.15, -0.1) is 23.2 Å². The van der Waals surface area contributed by atoms with E-state index >= 15 is 0 Å². The molecular formula is CH4Cl2MgO5P2. The Morgan fingerprint density at radius 1 is 1.18 bits per heavy atom. The zero-order valence-electron chi connectivity index (χ0n) is 5.21. The largest absolute Gasteiger partial charge is 2.00 e. The Morgan fingerprint density at radius 2 is 1.36 bits per heavy atom. The third-order valence-corrected chi connectivity index (χ3v) is 1.50. The summed E-state index contributed by atoms with van der Waals surface area (Å²) in [6.45, 7) is 0. The molecule has 0 N–H and O–H groups in total. The van der Waals surface area contributed by atoms with E-state index in [1.807, 2.05) is 0 Å². The maximum absolute atomic E-state index is 9.29. The van der Waals surface area contributed by atoms with E-state index in [4.69, 9.17) is 23.2 Å². The van der Waals surface area contributed by atoms with Crippen molar-refractivity contribution in [3.8, 4) is 0 Å². The Kier molecular flexibility index (Phi) is 23.9. The molecule has 0 saturated carbocycles. The number of halogens is 2. The van der Waals surface area contributed by atoms with Crippen molar-refractivity contribution in [2.45, 2.75) is 0 Å². The molecule has 0 aliphatic rings. The van der Waals surface area contributed by atoms with Crippen molar-refractivity contribution < 1.29 is 23.2 Å². The molecule has 0 aromatic rings. The topological polar surface area (TPSA) is 89.5 Å². The van der Waals surface area contributed by atoms with Crippen LogP contribution in [0.2, 0.25) is 0 Å². The van der Waals surface area contributed by atoms with Crippen LogP contribution in [-0.4, -0.2) is 28.4 Å². The molecule has 0 fully saturated rings. The number of alkyl halides is 2. The molecule has 5 nitrogen and oxygen atoms in total. The van der Waals surface area contributed by atoms with Gasteiger partial charge in [-0.3, -0.25) is 4.31 Å². The van der Waals surface area contributed by atoms with E-state index in [0.29, 0.717) is 0 Å². The van der Waals surface area contributed by atoms with Crippen molar-refractivity contribution in [3.05, 3.63) is 0 Å². The van der Waals surface area contributed by atoms with E-state index in [0.717, 1.165) is 0 Å². The van der Waals surface area contributed by atoms with Crippen LogP contribution < -0.4 is 9.79 Å². The molecule has 0 radical (unpaired) electrons. The fraction of sp³-hybridized carbons (Fsp3) is 1.00. The van der Waals surface area contributed by atoms with E-state index in [1.54, 1.807) is 0 Å². The van der Waals surface area contributed by atoms with Crippen LogP contribution in [0.5, 0.6) is 0 Å². The Balaban J connectivity index is -0.000000140. The van der Waals surface area contributed by atoms with Gasteiger partial charge in [0.1, 0.15) is 16.5 Å². The van der Waals surface area contributed by atoms with Gasteiger partial charge in [-0.05, 0) is 0 Å². The van der Waals surface area contributed by atoms with E-state index < -0.39 is 16.5 Å². The van der Waals surface area contributed by atoms with Gasteiger partial charge in [0.25, 0.3) is 0 Å². The second kappa shape index (κ2) is 14.2. The molecule has 0 aliphatic carbocycles. The standard InChI is InChI=1S/CH2Cl2.Mg.H4O5P2/c2-1-3;;1-6(2)5-7(3)4/h1H2;;6-7H,(H,1,2)(H,3,4)/q;+2;/p-2. The van der Waals surface area contributed by atoms with Crippen molar-refractivity contribution in [2.24, 2.45) is 0 Å². The molecule has 11 heavy (non-hydrogen) atoms. The number of hydrogen-bond donors (Lipinski definition) is 0. The Morgan fingerprint density at radius 3 is 1.36 bits per heavy atom. The normalized spacial score (nSPS) is 13.5. The SMILES string of the molecule is ClCCl.O=[PH]([O-])O[PH](=O)[O-].[Mg+2]. The van der Waals surface area contributed by atoms with E-state index in [-0.39, 0.29) is 28.4 Å². The first-order valence-corrected chi connectivity index (χ1v) is 5.28. The van der Waals surface area contributed by atoms with Crippen molar-refractivity contribution in [1.82, 2.24) is 0 Å². The fourth-order valence-electron chi connectivity index (χ4n) is 0.0680. The molecule has 2 atom stereocenters. The minimum Gasteiger partial charge on any atom is -0.781 e. The molecule has 0 heterocycles. The van der Waals surface area contributed by atoms with Gasteiger partial charge in [-0.1, -0.05) is 0 Å². The third-order valence-electron chi connectivity index (χ3n) is 0.167. The summed E-state index contributed by atoms with van der Waals surface area (Å²) in [5, 5.41) is 0.194. The minimum absolute atomic E-state index is 0. The van der Waals surface area contributed by atoms with E-state index in [1.165, 1.54) is 0 Å². The summed E-state index contributed by atoms with van der Waals surface area (Å²) in [5.74, 6) is 0. The van der Waals surface area contributed by atoms with Crippen molar-refractivity contribution in [3.63, 3.8) is 0 Å². The van der Waals surface area contributed by atoms with E-state index in [2.05, 4.69) is 4.31 Å². The zero-order valence-corrected chi connectivity index (χ0v) is 10.1. The summed E-state index contributed by atoms with van der Waals surface area (Å²) >= 11 is 9.53. The summed E-state index contributed by atoms with van der Waals surface area (Å²) < 4.78 is 21.8. The van der Waals surface area contributed by atoms with Crippen molar-refractivity contribution >= 4 is 62.8 Å². The van der Waals surface area contributed by atoms with Gasteiger partial charge >= 0.3 is 23.1 Å². The van der Waals surface area contributed by atoms with Crippen LogP contribution in [0.15, 0.2) is 0 Å². The van der Waals surface area contributed by atoms with Gasteiger partial charge in [-0.25, -0.2) is 0 Å². The van der Waals surface area contributed by atoms with E-state index in [9.17, 15) is 18.9 Å². The predicted molar refractivity (Wildman–Crippen MR) is 41.4 cm³/mol. The van der Waals surface area contributed by atoms with Gasteiger partial charge in [0.15, 0.2) is 0 Å². The first-order chi connectivity index (χ1) is 4.54. The van der Waals surface area contributed by atoms with Gasteiger partial charge in [0.05, 0.1) is 5.34 Å². The minimum atomic E-state index is -3.51. The maximum atomic E-state index is 9.29. The predicted octanol–water partition coefficient (Wildman–Crippen LogP) is -0.456. The van der Waals surface area contributed by atoms with Crippen molar-refractivity contribution in [1.29, 1.82) is 0 Å². The molecule has 2 unspecified atom stereocenters. The molecular weight excluding hydrogens is 249 g/mol. The summed E-state index contributed by atoms with van der Waals surface area (Å²) in [6.07, 6.45) is 0. The first kappa shape index (κ1) is 18.5. The Bertz CT molecular complexity index is 109.